The second kappa shape index (κ2) is 5.93. The van der Waals surface area contributed by atoms with E-state index in [0.29, 0.717) is 12.1 Å². The molecule has 0 radical (unpaired) electrons. The number of rotatable bonds is 4. The summed E-state index contributed by atoms with van der Waals surface area (Å²) in [4.78, 5) is 18.4. The first-order valence-electron chi connectivity index (χ1n) is 7.61. The Bertz CT molecular complexity index is 693. The van der Waals surface area contributed by atoms with Gasteiger partial charge in [0.2, 0.25) is 0 Å². The first-order chi connectivity index (χ1) is 10.6. The number of imidazole rings is 1. The molecule has 1 atom stereocenters. The molecule has 1 aliphatic rings. The molecule has 116 valence electrons. The summed E-state index contributed by atoms with van der Waals surface area (Å²) in [6.07, 6.45) is 4.22. The fourth-order valence-electron chi connectivity index (χ4n) is 3.34. The summed E-state index contributed by atoms with van der Waals surface area (Å²) in [5.41, 5.74) is 2.28. The molecular weight excluding hydrogens is 278 g/mol. The van der Waals surface area contributed by atoms with Crippen LogP contribution < -0.4 is 0 Å². The Balaban J connectivity index is 1.86. The first-order valence-corrected chi connectivity index (χ1v) is 7.61. The van der Waals surface area contributed by atoms with Crippen molar-refractivity contribution in [1.29, 1.82) is 0 Å². The number of carboxylic acids is 1. The average Bonchev–Trinajstić information content (AvgIpc) is 3.05. The number of likely N-dealkylation sites (tertiary alicyclic amines) is 1. The number of benzene rings is 1. The number of aromatic nitrogens is 2. The molecule has 0 aliphatic carbocycles. The Morgan fingerprint density at radius 3 is 2.86 bits per heavy atom. The zero-order chi connectivity index (χ0) is 15.7. The molecule has 5 nitrogen and oxygen atoms in total. The minimum Gasteiger partial charge on any atom is -0.478 e. The van der Waals surface area contributed by atoms with Gasteiger partial charge >= 0.3 is 5.97 Å². The summed E-state index contributed by atoms with van der Waals surface area (Å²) in [6, 6.07) is 7.52. The van der Waals surface area contributed by atoms with Gasteiger partial charge in [0.1, 0.15) is 5.82 Å². The van der Waals surface area contributed by atoms with E-state index in [1.165, 1.54) is 0 Å². The molecule has 1 aromatic heterocycles. The van der Waals surface area contributed by atoms with Crippen molar-refractivity contribution in [2.75, 3.05) is 6.54 Å². The molecule has 22 heavy (non-hydrogen) atoms. The predicted molar refractivity (Wildman–Crippen MR) is 83.7 cm³/mol. The fourth-order valence-corrected chi connectivity index (χ4v) is 3.34. The van der Waals surface area contributed by atoms with Crippen molar-refractivity contribution in [1.82, 2.24) is 14.5 Å². The summed E-state index contributed by atoms with van der Waals surface area (Å²) in [7, 11) is 2.02. The standard InChI is InChI=1S/C17H21N3O2/c1-12-10-19(2)16(18-12)15-8-5-9-20(15)11-13-6-3-4-7-14(13)17(21)22/h3-4,6-7,10,15H,5,8-9,11H2,1-2H3,(H,21,22)/t15-/m1/s1. The van der Waals surface area contributed by atoms with Gasteiger partial charge in [0.25, 0.3) is 0 Å². The molecule has 2 heterocycles. The highest BCUT2D eigenvalue weighted by Gasteiger charge is 2.29. The van der Waals surface area contributed by atoms with Gasteiger partial charge in [-0.05, 0) is 37.9 Å². The van der Waals surface area contributed by atoms with Crippen molar-refractivity contribution < 1.29 is 9.90 Å². The predicted octanol–water partition coefficient (Wildman–Crippen LogP) is 2.76. The zero-order valence-corrected chi connectivity index (χ0v) is 13.0. The summed E-state index contributed by atoms with van der Waals surface area (Å²) >= 11 is 0. The van der Waals surface area contributed by atoms with Crippen LogP contribution >= 0.6 is 0 Å². The molecule has 1 N–H and O–H groups in total. The van der Waals surface area contributed by atoms with Gasteiger partial charge in [-0.15, -0.1) is 0 Å². The van der Waals surface area contributed by atoms with Crippen LogP contribution in [0.1, 0.15) is 46.3 Å². The Morgan fingerprint density at radius 2 is 2.18 bits per heavy atom. The SMILES string of the molecule is Cc1cn(C)c([C@H]2CCCN2Cc2ccccc2C(=O)O)n1. The second-order valence-corrected chi connectivity index (χ2v) is 5.94. The molecule has 1 aromatic carbocycles. The van der Waals surface area contributed by atoms with Crippen molar-refractivity contribution in [2.45, 2.75) is 32.4 Å². The van der Waals surface area contributed by atoms with Gasteiger partial charge in [-0.25, -0.2) is 9.78 Å². The van der Waals surface area contributed by atoms with E-state index in [-0.39, 0.29) is 6.04 Å². The average molecular weight is 299 g/mol. The Labute approximate surface area is 130 Å². The lowest BCUT2D eigenvalue weighted by atomic mass is 10.1. The van der Waals surface area contributed by atoms with Crippen LogP contribution in [-0.2, 0) is 13.6 Å². The number of hydrogen-bond donors (Lipinski definition) is 1. The third-order valence-electron chi connectivity index (χ3n) is 4.32. The smallest absolute Gasteiger partial charge is 0.336 e. The van der Waals surface area contributed by atoms with Gasteiger partial charge < -0.3 is 9.67 Å². The van der Waals surface area contributed by atoms with Crippen LogP contribution in [0.15, 0.2) is 30.5 Å². The van der Waals surface area contributed by atoms with Gasteiger partial charge in [-0.3, -0.25) is 4.90 Å². The third kappa shape index (κ3) is 2.76. The maximum Gasteiger partial charge on any atom is 0.336 e. The Morgan fingerprint density at radius 1 is 1.41 bits per heavy atom. The molecule has 5 heteroatoms. The van der Waals surface area contributed by atoms with Crippen molar-refractivity contribution in [3.63, 3.8) is 0 Å². The van der Waals surface area contributed by atoms with E-state index in [4.69, 9.17) is 0 Å². The van der Waals surface area contributed by atoms with Gasteiger partial charge in [0.05, 0.1) is 17.3 Å². The molecule has 0 amide bonds. The first kappa shape index (κ1) is 14.8. The largest absolute Gasteiger partial charge is 0.478 e. The van der Waals surface area contributed by atoms with Crippen LogP contribution in [0.25, 0.3) is 0 Å². The molecule has 1 fully saturated rings. The Hall–Kier alpha value is -2.14. The molecule has 3 rings (SSSR count). The lowest BCUT2D eigenvalue weighted by Gasteiger charge is -2.24. The van der Waals surface area contributed by atoms with E-state index in [9.17, 15) is 9.90 Å². The lowest BCUT2D eigenvalue weighted by molar-refractivity contribution is 0.0694. The van der Waals surface area contributed by atoms with E-state index in [1.54, 1.807) is 12.1 Å². The molecule has 0 spiro atoms. The molecule has 0 unspecified atom stereocenters. The zero-order valence-electron chi connectivity index (χ0n) is 13.0. The number of aromatic carboxylic acids is 1. The van der Waals surface area contributed by atoms with E-state index >= 15 is 0 Å². The van der Waals surface area contributed by atoms with Crippen LogP contribution in [0.3, 0.4) is 0 Å². The maximum absolute atomic E-state index is 11.4. The third-order valence-corrected chi connectivity index (χ3v) is 4.32. The van der Waals surface area contributed by atoms with Crippen LogP contribution in [0.2, 0.25) is 0 Å². The summed E-state index contributed by atoms with van der Waals surface area (Å²) in [6.45, 7) is 3.63. The fraction of sp³-hybridized carbons (Fsp3) is 0.412. The molecule has 0 saturated carbocycles. The summed E-state index contributed by atoms with van der Waals surface area (Å²) in [5.74, 6) is 0.210. The second-order valence-electron chi connectivity index (χ2n) is 5.94. The summed E-state index contributed by atoms with van der Waals surface area (Å²) in [5, 5.41) is 9.33. The molecule has 1 saturated heterocycles. The van der Waals surface area contributed by atoms with Gasteiger partial charge in [-0.1, -0.05) is 18.2 Å². The minimum atomic E-state index is -0.862. The maximum atomic E-state index is 11.4. The highest BCUT2D eigenvalue weighted by molar-refractivity contribution is 5.89. The Kier molecular flexibility index (Phi) is 3.98. The van der Waals surface area contributed by atoms with Crippen molar-refractivity contribution in [3.05, 3.63) is 53.1 Å². The van der Waals surface area contributed by atoms with E-state index in [2.05, 4.69) is 14.5 Å². The van der Waals surface area contributed by atoms with Crippen molar-refractivity contribution in [2.24, 2.45) is 7.05 Å². The van der Waals surface area contributed by atoms with Gasteiger partial charge in [-0.2, -0.15) is 0 Å². The summed E-state index contributed by atoms with van der Waals surface area (Å²) < 4.78 is 2.08. The highest BCUT2D eigenvalue weighted by Crippen LogP contribution is 2.32. The van der Waals surface area contributed by atoms with E-state index in [0.717, 1.165) is 36.5 Å². The number of carboxylic acid groups (broad SMARTS) is 1. The highest BCUT2D eigenvalue weighted by atomic mass is 16.4. The molecule has 0 bridgehead atoms. The molecule has 1 aliphatic heterocycles. The lowest BCUT2D eigenvalue weighted by Crippen LogP contribution is -2.25. The van der Waals surface area contributed by atoms with Crippen LogP contribution in [-0.4, -0.2) is 32.1 Å². The van der Waals surface area contributed by atoms with Crippen LogP contribution in [0.4, 0.5) is 0 Å². The molecule has 2 aromatic rings. The van der Waals surface area contributed by atoms with Gasteiger partial charge in [0, 0.05) is 19.8 Å². The van der Waals surface area contributed by atoms with Gasteiger partial charge in [0.15, 0.2) is 0 Å². The normalized spacial score (nSPS) is 18.7. The number of carbonyl (C=O) groups is 1. The van der Waals surface area contributed by atoms with Crippen LogP contribution in [0.5, 0.6) is 0 Å². The molecular formula is C17H21N3O2. The number of aryl methyl sites for hydroxylation is 2. The quantitative estimate of drug-likeness (QED) is 0.943. The van der Waals surface area contributed by atoms with Crippen LogP contribution in [0, 0.1) is 6.92 Å². The topological polar surface area (TPSA) is 58.4 Å². The number of nitrogens with zero attached hydrogens (tertiary/aromatic N) is 3. The monoisotopic (exact) mass is 299 g/mol. The van der Waals surface area contributed by atoms with E-state index < -0.39 is 5.97 Å². The van der Waals surface area contributed by atoms with E-state index in [1.807, 2.05) is 32.3 Å². The number of hydrogen-bond acceptors (Lipinski definition) is 3. The van der Waals surface area contributed by atoms with Crippen molar-refractivity contribution >= 4 is 5.97 Å². The van der Waals surface area contributed by atoms with Crippen molar-refractivity contribution in [3.8, 4) is 0 Å². The minimum absolute atomic E-state index is 0.264.